The average Bonchev–Trinajstić information content (AvgIpc) is 3.20. The second kappa shape index (κ2) is 11.8. The molecule has 11 heteroatoms. The Kier molecular flexibility index (Phi) is 9.38. The third-order valence-corrected chi connectivity index (χ3v) is 7.29. The molecule has 0 fully saturated rings. The normalized spacial score (nSPS) is 13.1. The number of hydrogen-bond acceptors (Lipinski definition) is 6. The van der Waals surface area contributed by atoms with Crippen LogP contribution in [0.4, 0.5) is 5.69 Å². The summed E-state index contributed by atoms with van der Waals surface area (Å²) in [7, 11) is 0. The van der Waals surface area contributed by atoms with E-state index in [2.05, 4.69) is 14.2 Å². The predicted molar refractivity (Wildman–Crippen MR) is 131 cm³/mol. The molecule has 1 heterocycles. The Hall–Kier alpha value is -3.43. The van der Waals surface area contributed by atoms with E-state index in [4.69, 9.17) is 10.4 Å². The van der Waals surface area contributed by atoms with Gasteiger partial charge >= 0.3 is 94.4 Å². The van der Waals surface area contributed by atoms with Gasteiger partial charge in [0.1, 0.15) is 0 Å². The third kappa shape index (κ3) is 8.08. The maximum atomic E-state index is 11.8. The molecule has 0 radical (unpaired) electrons. The summed E-state index contributed by atoms with van der Waals surface area (Å²) in [6, 6.07) is 13.4. The van der Waals surface area contributed by atoms with Gasteiger partial charge in [-0.25, -0.2) is 0 Å². The number of aromatic amines is 1. The SMILES string of the molecule is CC(=O)Nc1cccc([As](=O)(O)OO)c1.CC(C)(CC(=O)C=Cc1c[nH]c2ccccc12)C(=O)O. The van der Waals surface area contributed by atoms with Gasteiger partial charge in [0.15, 0.2) is 5.78 Å². The topological polar surface area (TPSA) is 166 Å². The Balaban J connectivity index is 0.000000258. The van der Waals surface area contributed by atoms with E-state index in [1.807, 2.05) is 30.5 Å². The zero-order valence-corrected chi connectivity index (χ0v) is 21.3. The predicted octanol–water partition coefficient (Wildman–Crippen LogP) is 2.95. The van der Waals surface area contributed by atoms with Crippen molar-refractivity contribution in [2.24, 2.45) is 5.41 Å². The van der Waals surface area contributed by atoms with Crippen molar-refractivity contribution in [2.45, 2.75) is 27.2 Å². The molecule has 1 aromatic heterocycles. The molecule has 186 valence electrons. The van der Waals surface area contributed by atoms with E-state index in [0.717, 1.165) is 16.5 Å². The van der Waals surface area contributed by atoms with Crippen LogP contribution >= 0.6 is 0 Å². The zero-order chi connectivity index (χ0) is 26.2. The van der Waals surface area contributed by atoms with Gasteiger partial charge in [-0.2, -0.15) is 0 Å². The Morgan fingerprint density at radius 1 is 1.14 bits per heavy atom. The fraction of sp³-hybridized carbons (Fsp3) is 0.208. The number of fused-ring (bicyclic) bond motifs is 1. The van der Waals surface area contributed by atoms with Crippen molar-refractivity contribution < 1.29 is 36.5 Å². The van der Waals surface area contributed by atoms with Crippen LogP contribution in [0.2, 0.25) is 0 Å². The number of carboxylic acid groups (broad SMARTS) is 1. The summed E-state index contributed by atoms with van der Waals surface area (Å²) >= 11 is -4.83. The van der Waals surface area contributed by atoms with E-state index >= 15 is 0 Å². The number of anilines is 1. The summed E-state index contributed by atoms with van der Waals surface area (Å²) in [6.45, 7) is 4.41. The summed E-state index contributed by atoms with van der Waals surface area (Å²) in [6.07, 6.45) is 4.98. The smallest absolute Gasteiger partial charge is 0.309 e. The quantitative estimate of drug-likeness (QED) is 0.125. The molecular formula is C24H27AsN2O8. The fourth-order valence-corrected chi connectivity index (χ4v) is 4.40. The van der Waals surface area contributed by atoms with Crippen molar-refractivity contribution in [1.82, 2.24) is 4.98 Å². The van der Waals surface area contributed by atoms with Crippen molar-refractivity contribution >= 4 is 58.8 Å². The molecule has 35 heavy (non-hydrogen) atoms. The minimum atomic E-state index is -4.83. The molecule has 0 bridgehead atoms. The van der Waals surface area contributed by atoms with Crippen LogP contribution in [0, 0.1) is 5.41 Å². The first-order valence-electron chi connectivity index (χ1n) is 10.4. The van der Waals surface area contributed by atoms with Crippen LogP contribution in [0.25, 0.3) is 17.0 Å². The molecule has 5 N–H and O–H groups in total. The average molecular weight is 546 g/mol. The first-order chi connectivity index (χ1) is 16.4. The number of carbonyl (C=O) groups excluding carboxylic acids is 2. The molecule has 10 nitrogen and oxygen atoms in total. The number of allylic oxidation sites excluding steroid dienone is 1. The zero-order valence-electron chi connectivity index (χ0n) is 19.4. The second-order valence-electron chi connectivity index (χ2n) is 8.29. The number of benzene rings is 2. The van der Waals surface area contributed by atoms with Gasteiger partial charge in [0.2, 0.25) is 0 Å². The molecule has 0 aliphatic rings. The van der Waals surface area contributed by atoms with Crippen LogP contribution in [0.5, 0.6) is 0 Å². The number of carboxylic acids is 1. The van der Waals surface area contributed by atoms with Gasteiger partial charge in [-0.1, -0.05) is 18.2 Å². The van der Waals surface area contributed by atoms with E-state index in [-0.39, 0.29) is 22.5 Å². The summed E-state index contributed by atoms with van der Waals surface area (Å²) in [5, 5.41) is 20.7. The first-order valence-corrected chi connectivity index (χ1v) is 13.7. The largest absolute Gasteiger partial charge is 0.481 e. The number of aromatic nitrogens is 1. The summed E-state index contributed by atoms with van der Waals surface area (Å²) in [5.74, 6) is -1.45. The van der Waals surface area contributed by atoms with Gasteiger partial charge in [0.05, 0.1) is 5.41 Å². The Labute approximate surface area is 204 Å². The Morgan fingerprint density at radius 3 is 2.46 bits per heavy atom. The Morgan fingerprint density at radius 2 is 1.83 bits per heavy atom. The molecule has 1 amide bonds. The van der Waals surface area contributed by atoms with Crippen molar-refractivity contribution in [1.29, 1.82) is 0 Å². The van der Waals surface area contributed by atoms with Crippen LogP contribution in [0.15, 0.2) is 60.8 Å². The molecule has 0 spiro atoms. The summed E-state index contributed by atoms with van der Waals surface area (Å²) in [4.78, 5) is 36.7. The van der Waals surface area contributed by atoms with Crippen LogP contribution in [-0.2, 0) is 22.0 Å². The van der Waals surface area contributed by atoms with E-state index in [1.165, 1.54) is 31.2 Å². The van der Waals surface area contributed by atoms with Crippen molar-refractivity contribution in [3.8, 4) is 0 Å². The molecule has 0 saturated carbocycles. The van der Waals surface area contributed by atoms with Gasteiger partial charge in [-0.3, -0.25) is 9.59 Å². The third-order valence-electron chi connectivity index (χ3n) is 4.87. The number of nitrogens with one attached hydrogen (secondary N) is 2. The van der Waals surface area contributed by atoms with Gasteiger partial charge < -0.3 is 10.1 Å². The molecule has 0 aliphatic heterocycles. The fourth-order valence-electron chi connectivity index (χ4n) is 2.99. The second-order valence-corrected chi connectivity index (χ2v) is 11.9. The van der Waals surface area contributed by atoms with E-state index < -0.39 is 25.6 Å². The van der Waals surface area contributed by atoms with Gasteiger partial charge in [-0.05, 0) is 37.6 Å². The van der Waals surface area contributed by atoms with E-state index in [0.29, 0.717) is 5.69 Å². The number of hydrogen-bond donors (Lipinski definition) is 5. The minimum absolute atomic E-state index is 0.0127. The molecule has 0 saturated heterocycles. The van der Waals surface area contributed by atoms with Gasteiger partial charge in [0.25, 0.3) is 0 Å². The number of para-hydroxylation sites is 1. The monoisotopic (exact) mass is 546 g/mol. The van der Waals surface area contributed by atoms with Crippen LogP contribution in [0.3, 0.4) is 0 Å². The molecule has 1 atom stereocenters. The minimum Gasteiger partial charge on any atom is -0.481 e. The molecular weight excluding hydrogens is 519 g/mol. The van der Waals surface area contributed by atoms with Gasteiger partial charge in [-0.15, -0.1) is 0 Å². The number of rotatable bonds is 8. The van der Waals surface area contributed by atoms with Crippen LogP contribution in [0.1, 0.15) is 32.8 Å². The van der Waals surface area contributed by atoms with Gasteiger partial charge in [0, 0.05) is 23.5 Å². The maximum absolute atomic E-state index is 11.8. The number of amides is 1. The number of ketones is 1. The number of aliphatic carboxylic acids is 1. The molecule has 3 aromatic rings. The van der Waals surface area contributed by atoms with Crippen molar-refractivity contribution in [2.75, 3.05) is 5.32 Å². The number of H-pyrrole nitrogens is 1. The summed E-state index contributed by atoms with van der Waals surface area (Å²) < 4.78 is 23.9. The van der Waals surface area contributed by atoms with Crippen molar-refractivity contribution in [3.63, 3.8) is 0 Å². The molecule has 1 unspecified atom stereocenters. The van der Waals surface area contributed by atoms with Crippen LogP contribution in [-0.4, -0.2) is 51.3 Å². The number of carbonyl (C=O) groups is 3. The first kappa shape index (κ1) is 27.8. The van der Waals surface area contributed by atoms with E-state index in [9.17, 15) is 22.2 Å². The molecule has 2 aromatic carbocycles. The van der Waals surface area contributed by atoms with Crippen LogP contribution < -0.4 is 9.67 Å². The molecule has 3 rings (SSSR count). The molecule has 0 aliphatic carbocycles. The maximum Gasteiger partial charge on any atom is 0.309 e. The van der Waals surface area contributed by atoms with E-state index in [1.54, 1.807) is 26.0 Å². The Bertz CT molecular complexity index is 1300. The van der Waals surface area contributed by atoms with Crippen molar-refractivity contribution in [3.05, 3.63) is 66.4 Å². The summed E-state index contributed by atoms with van der Waals surface area (Å²) in [5.41, 5.74) is 1.25. The standard InChI is InChI=1S/C16H17NO3.C8H10AsNO5/c1-16(2,15(19)20)9-12(18)8-7-11-10-17-14-6-4-3-5-13(11)14;1-6(11)10-8-4-2-3-7(5-8)9(12,13)15-14/h3-8,10,17H,9H2,1-2H3,(H,19,20);2-5,14H,1H3,(H,10,11)(H,12,13).